The minimum absolute atomic E-state index is 0.236. The number of piperazine rings is 1. The van der Waals surface area contributed by atoms with Gasteiger partial charge in [-0.05, 0) is 49.9 Å². The molecule has 2 N–H and O–H groups in total. The Bertz CT molecular complexity index is 566. The molecule has 1 saturated carbocycles. The second kappa shape index (κ2) is 9.02. The molecule has 0 spiro atoms. The molecule has 0 radical (unpaired) electrons. The van der Waals surface area contributed by atoms with Crippen LogP contribution in [-0.2, 0) is 11.2 Å². The number of hydrogen-bond donors (Lipinski definition) is 2. The number of rotatable bonds is 7. The fourth-order valence-electron chi connectivity index (χ4n) is 4.20. The molecular formula is C20H30ClN3O. The lowest BCUT2D eigenvalue weighted by Crippen LogP contribution is -2.45. The zero-order valence-corrected chi connectivity index (χ0v) is 15.8. The Kier molecular flexibility index (Phi) is 6.74. The third-order valence-electron chi connectivity index (χ3n) is 5.62. The van der Waals surface area contributed by atoms with E-state index < -0.39 is 0 Å². The lowest BCUT2D eigenvalue weighted by Gasteiger charge is -2.29. The van der Waals surface area contributed by atoms with Crippen LogP contribution in [0.1, 0.15) is 37.7 Å². The molecular weight excluding hydrogens is 334 g/mol. The van der Waals surface area contributed by atoms with E-state index in [4.69, 9.17) is 11.6 Å². The highest BCUT2D eigenvalue weighted by Gasteiger charge is 2.40. The maximum absolute atomic E-state index is 12.9. The van der Waals surface area contributed by atoms with Crippen LogP contribution in [0.3, 0.4) is 0 Å². The van der Waals surface area contributed by atoms with E-state index in [0.717, 1.165) is 82.8 Å². The second-order valence-corrected chi connectivity index (χ2v) is 7.93. The van der Waals surface area contributed by atoms with Crippen LogP contribution < -0.4 is 10.6 Å². The molecule has 0 unspecified atom stereocenters. The predicted molar refractivity (Wildman–Crippen MR) is 103 cm³/mol. The van der Waals surface area contributed by atoms with Crippen molar-refractivity contribution in [1.82, 2.24) is 15.5 Å². The molecule has 1 aromatic rings. The van der Waals surface area contributed by atoms with Gasteiger partial charge in [0.1, 0.15) is 0 Å². The van der Waals surface area contributed by atoms with Gasteiger partial charge in [-0.1, -0.05) is 36.6 Å². The Balaban J connectivity index is 1.50. The van der Waals surface area contributed by atoms with Gasteiger partial charge < -0.3 is 15.5 Å². The minimum Gasteiger partial charge on any atom is -0.356 e. The summed E-state index contributed by atoms with van der Waals surface area (Å²) < 4.78 is 0. The molecule has 4 nitrogen and oxygen atoms in total. The van der Waals surface area contributed by atoms with Crippen molar-refractivity contribution in [3.05, 3.63) is 34.9 Å². The van der Waals surface area contributed by atoms with Crippen LogP contribution in [0.15, 0.2) is 24.3 Å². The summed E-state index contributed by atoms with van der Waals surface area (Å²) in [4.78, 5) is 15.4. The molecule has 1 aromatic carbocycles. The third kappa shape index (κ3) is 5.19. The molecule has 1 heterocycles. The summed E-state index contributed by atoms with van der Waals surface area (Å²) in [7, 11) is 0. The molecule has 5 heteroatoms. The van der Waals surface area contributed by atoms with Crippen LogP contribution in [-0.4, -0.2) is 50.1 Å². The van der Waals surface area contributed by atoms with Crippen LogP contribution in [0.2, 0.25) is 5.02 Å². The van der Waals surface area contributed by atoms with Gasteiger partial charge in [0.2, 0.25) is 5.91 Å². The second-order valence-electron chi connectivity index (χ2n) is 7.50. The van der Waals surface area contributed by atoms with Crippen LogP contribution in [0.5, 0.6) is 0 Å². The highest BCUT2D eigenvalue weighted by molar-refractivity contribution is 6.30. The van der Waals surface area contributed by atoms with Gasteiger partial charge in [-0.2, -0.15) is 0 Å². The van der Waals surface area contributed by atoms with Crippen LogP contribution in [0.4, 0.5) is 0 Å². The Labute approximate surface area is 156 Å². The van der Waals surface area contributed by atoms with E-state index in [2.05, 4.69) is 21.6 Å². The Hall–Kier alpha value is -1.10. The normalized spacial score (nSPS) is 20.5. The minimum atomic E-state index is -0.236. The number of nitrogens with one attached hydrogen (secondary N) is 2. The van der Waals surface area contributed by atoms with Crippen molar-refractivity contribution < 1.29 is 4.79 Å². The van der Waals surface area contributed by atoms with Crippen molar-refractivity contribution in [3.8, 4) is 0 Å². The SMILES string of the molecule is O=C(NCCCN1CCNCC1)C1(Cc2cccc(Cl)c2)CCCC1. The molecule has 0 aromatic heterocycles. The monoisotopic (exact) mass is 363 g/mol. The lowest BCUT2D eigenvalue weighted by atomic mass is 9.79. The van der Waals surface area contributed by atoms with Gasteiger partial charge in [-0.15, -0.1) is 0 Å². The van der Waals surface area contributed by atoms with E-state index in [-0.39, 0.29) is 11.3 Å². The molecule has 2 aliphatic rings. The van der Waals surface area contributed by atoms with Crippen molar-refractivity contribution in [2.24, 2.45) is 5.41 Å². The van der Waals surface area contributed by atoms with Gasteiger partial charge in [0.25, 0.3) is 0 Å². The lowest BCUT2D eigenvalue weighted by molar-refractivity contribution is -0.130. The number of hydrogen-bond acceptors (Lipinski definition) is 3. The first-order valence-electron chi connectivity index (χ1n) is 9.64. The molecule has 25 heavy (non-hydrogen) atoms. The van der Waals surface area contributed by atoms with E-state index in [1.807, 2.05) is 18.2 Å². The number of halogens is 1. The summed E-state index contributed by atoms with van der Waals surface area (Å²) >= 11 is 6.12. The topological polar surface area (TPSA) is 44.4 Å². The van der Waals surface area contributed by atoms with Gasteiger partial charge in [0, 0.05) is 37.7 Å². The smallest absolute Gasteiger partial charge is 0.226 e. The predicted octanol–water partition coefficient (Wildman–Crippen LogP) is 2.85. The quantitative estimate of drug-likeness (QED) is 0.732. The molecule has 138 valence electrons. The van der Waals surface area contributed by atoms with Crippen LogP contribution in [0, 0.1) is 5.41 Å². The first-order chi connectivity index (χ1) is 12.2. The van der Waals surface area contributed by atoms with Crippen LogP contribution >= 0.6 is 11.6 Å². The van der Waals surface area contributed by atoms with E-state index in [1.54, 1.807) is 0 Å². The largest absolute Gasteiger partial charge is 0.356 e. The fraction of sp³-hybridized carbons (Fsp3) is 0.650. The third-order valence-corrected chi connectivity index (χ3v) is 5.86. The highest BCUT2D eigenvalue weighted by Crippen LogP contribution is 2.41. The Morgan fingerprint density at radius 2 is 2.00 bits per heavy atom. The van der Waals surface area contributed by atoms with Crippen molar-refractivity contribution >= 4 is 17.5 Å². The van der Waals surface area contributed by atoms with Gasteiger partial charge in [0.05, 0.1) is 5.41 Å². The van der Waals surface area contributed by atoms with Gasteiger partial charge in [-0.25, -0.2) is 0 Å². The van der Waals surface area contributed by atoms with Crippen molar-refractivity contribution in [1.29, 1.82) is 0 Å². The van der Waals surface area contributed by atoms with Crippen LogP contribution in [0.25, 0.3) is 0 Å². The van der Waals surface area contributed by atoms with Gasteiger partial charge in [0.15, 0.2) is 0 Å². The van der Waals surface area contributed by atoms with Crippen molar-refractivity contribution in [2.45, 2.75) is 38.5 Å². The molecule has 3 rings (SSSR count). The zero-order chi connectivity index (χ0) is 17.5. The summed E-state index contributed by atoms with van der Waals surface area (Å²) in [5, 5.41) is 7.35. The molecule has 0 bridgehead atoms. The van der Waals surface area contributed by atoms with E-state index in [1.165, 1.54) is 5.56 Å². The molecule has 1 aliphatic heterocycles. The van der Waals surface area contributed by atoms with Gasteiger partial charge >= 0.3 is 0 Å². The average Bonchev–Trinajstić information content (AvgIpc) is 3.09. The Morgan fingerprint density at radius 3 is 2.72 bits per heavy atom. The number of carbonyl (C=O) groups is 1. The van der Waals surface area contributed by atoms with Gasteiger partial charge in [-0.3, -0.25) is 4.79 Å². The van der Waals surface area contributed by atoms with Crippen molar-refractivity contribution in [3.63, 3.8) is 0 Å². The number of nitrogens with zero attached hydrogens (tertiary/aromatic N) is 1. The molecule has 1 saturated heterocycles. The molecule has 1 amide bonds. The fourth-order valence-corrected chi connectivity index (χ4v) is 4.41. The summed E-state index contributed by atoms with van der Waals surface area (Å²) in [5.41, 5.74) is 0.935. The first-order valence-corrected chi connectivity index (χ1v) is 10.0. The van der Waals surface area contributed by atoms with Crippen molar-refractivity contribution in [2.75, 3.05) is 39.3 Å². The Morgan fingerprint density at radius 1 is 1.24 bits per heavy atom. The number of carbonyl (C=O) groups excluding carboxylic acids is 1. The molecule has 1 aliphatic carbocycles. The zero-order valence-electron chi connectivity index (χ0n) is 15.0. The van der Waals surface area contributed by atoms with E-state index >= 15 is 0 Å². The maximum Gasteiger partial charge on any atom is 0.226 e. The summed E-state index contributed by atoms with van der Waals surface area (Å²) in [6, 6.07) is 7.96. The summed E-state index contributed by atoms with van der Waals surface area (Å²) in [5.74, 6) is 0.241. The maximum atomic E-state index is 12.9. The number of amides is 1. The summed E-state index contributed by atoms with van der Waals surface area (Å²) in [6.45, 7) is 6.24. The standard InChI is InChI=1S/C20H30ClN3O/c21-18-6-3-5-17(15-18)16-20(7-1-2-8-20)19(25)23-9-4-12-24-13-10-22-11-14-24/h3,5-6,15,22H,1-2,4,7-14,16H2,(H,23,25). The molecule has 2 fully saturated rings. The molecule has 0 atom stereocenters. The van der Waals surface area contributed by atoms with E-state index in [0.29, 0.717) is 0 Å². The first kappa shape index (κ1) is 18.7. The van der Waals surface area contributed by atoms with E-state index in [9.17, 15) is 4.79 Å². The summed E-state index contributed by atoms with van der Waals surface area (Å²) in [6.07, 6.45) is 6.10. The average molecular weight is 364 g/mol. The number of benzene rings is 1. The highest BCUT2D eigenvalue weighted by atomic mass is 35.5.